The smallest absolute Gasteiger partial charge is 0.161 e. The van der Waals surface area contributed by atoms with Crippen molar-refractivity contribution in [2.24, 2.45) is 0 Å². The molecule has 0 aliphatic heterocycles. The van der Waals surface area contributed by atoms with Gasteiger partial charge in [0, 0.05) is 6.20 Å². The van der Waals surface area contributed by atoms with Gasteiger partial charge in [-0.15, -0.1) is 10.2 Å². The van der Waals surface area contributed by atoms with Crippen molar-refractivity contribution in [3.8, 4) is 11.4 Å². The third-order valence-corrected chi connectivity index (χ3v) is 2.26. The minimum Gasteiger partial charge on any atom is -0.280 e. The van der Waals surface area contributed by atoms with Crippen LogP contribution in [0.4, 0.5) is 0 Å². The fraction of sp³-hybridized carbons (Fsp3) is 0. The number of hydrogen-bond acceptors (Lipinski definition) is 3. The van der Waals surface area contributed by atoms with Crippen LogP contribution < -0.4 is 0 Å². The maximum atomic E-state index is 4.30. The second-order valence-corrected chi connectivity index (χ2v) is 3.19. The highest BCUT2D eigenvalue weighted by Crippen LogP contribution is 2.16. The van der Waals surface area contributed by atoms with Crippen LogP contribution in [0.3, 0.4) is 0 Å². The van der Waals surface area contributed by atoms with E-state index in [1.165, 1.54) is 0 Å². The predicted octanol–water partition coefficient (Wildman–Crippen LogP) is 1.79. The van der Waals surface area contributed by atoms with Crippen molar-refractivity contribution in [2.75, 3.05) is 0 Å². The minimum atomic E-state index is 0.832. The highest BCUT2D eigenvalue weighted by atomic mass is 15.2. The summed E-state index contributed by atoms with van der Waals surface area (Å²) in [5.41, 5.74) is 2.75. The molecule has 3 aromatic heterocycles. The van der Waals surface area contributed by atoms with Crippen molar-refractivity contribution >= 4 is 5.65 Å². The van der Waals surface area contributed by atoms with Gasteiger partial charge in [0.05, 0.1) is 11.4 Å². The van der Waals surface area contributed by atoms with E-state index >= 15 is 0 Å². The number of rotatable bonds is 1. The molecule has 0 radical (unpaired) electrons. The van der Waals surface area contributed by atoms with Crippen LogP contribution >= 0.6 is 0 Å². The molecule has 0 atom stereocenters. The fourth-order valence-corrected chi connectivity index (χ4v) is 1.57. The summed E-state index contributed by atoms with van der Waals surface area (Å²) in [5, 5.41) is 7.86. The Hall–Kier alpha value is -2.23. The highest BCUT2D eigenvalue weighted by molar-refractivity contribution is 5.58. The van der Waals surface area contributed by atoms with E-state index in [1.54, 1.807) is 12.5 Å². The quantitative estimate of drug-likeness (QED) is 0.596. The third kappa shape index (κ3) is 1.27. The Bertz CT molecular complexity index is 586. The van der Waals surface area contributed by atoms with Gasteiger partial charge < -0.3 is 0 Å². The summed E-state index contributed by atoms with van der Waals surface area (Å²) < 4.78 is 1.92. The van der Waals surface area contributed by atoms with Gasteiger partial charge in [0.25, 0.3) is 0 Å². The average molecular weight is 196 g/mol. The van der Waals surface area contributed by atoms with Crippen molar-refractivity contribution in [3.05, 3.63) is 48.9 Å². The van der Waals surface area contributed by atoms with Crippen LogP contribution in [0.25, 0.3) is 17.0 Å². The molecule has 3 aromatic rings. The summed E-state index contributed by atoms with van der Waals surface area (Å²) >= 11 is 0. The Morgan fingerprint density at radius 2 is 2.00 bits per heavy atom. The van der Waals surface area contributed by atoms with Gasteiger partial charge in [0.15, 0.2) is 5.65 Å². The van der Waals surface area contributed by atoms with Gasteiger partial charge in [-0.3, -0.25) is 9.38 Å². The molecule has 0 unspecified atom stereocenters. The van der Waals surface area contributed by atoms with Crippen LogP contribution in [0.2, 0.25) is 0 Å². The van der Waals surface area contributed by atoms with Gasteiger partial charge in [-0.25, -0.2) is 0 Å². The zero-order chi connectivity index (χ0) is 10.1. The lowest BCUT2D eigenvalue weighted by Crippen LogP contribution is -1.91. The van der Waals surface area contributed by atoms with E-state index in [0.717, 1.165) is 17.0 Å². The summed E-state index contributed by atoms with van der Waals surface area (Å²) in [6, 6.07) is 11.7. The molecule has 0 bridgehead atoms. The molecular formula is C11H8N4. The fourth-order valence-electron chi connectivity index (χ4n) is 1.57. The van der Waals surface area contributed by atoms with Crippen molar-refractivity contribution in [1.29, 1.82) is 0 Å². The second kappa shape index (κ2) is 3.16. The van der Waals surface area contributed by atoms with E-state index in [4.69, 9.17) is 0 Å². The van der Waals surface area contributed by atoms with E-state index < -0.39 is 0 Å². The summed E-state index contributed by atoms with van der Waals surface area (Å²) in [7, 11) is 0. The van der Waals surface area contributed by atoms with Crippen LogP contribution in [0, 0.1) is 0 Å². The van der Waals surface area contributed by atoms with Crippen LogP contribution in [-0.4, -0.2) is 19.6 Å². The average Bonchev–Trinajstić information content (AvgIpc) is 2.78. The SMILES string of the molecule is c1ccc(-c2cccc3nncn23)nc1. The number of aromatic nitrogens is 4. The Labute approximate surface area is 86.2 Å². The molecule has 4 nitrogen and oxygen atoms in total. The van der Waals surface area contributed by atoms with E-state index in [0.29, 0.717) is 0 Å². The molecule has 0 amide bonds. The molecule has 0 saturated carbocycles. The number of pyridine rings is 2. The molecule has 3 rings (SSSR count). The van der Waals surface area contributed by atoms with Crippen molar-refractivity contribution < 1.29 is 0 Å². The lowest BCUT2D eigenvalue weighted by molar-refractivity contribution is 1.10. The Balaban J connectivity index is 2.31. The van der Waals surface area contributed by atoms with Crippen molar-refractivity contribution in [2.45, 2.75) is 0 Å². The molecule has 0 aliphatic rings. The first-order chi connectivity index (χ1) is 7.45. The van der Waals surface area contributed by atoms with Crippen LogP contribution in [-0.2, 0) is 0 Å². The molecule has 0 aliphatic carbocycles. The lowest BCUT2D eigenvalue weighted by Gasteiger charge is -2.02. The van der Waals surface area contributed by atoms with E-state index in [-0.39, 0.29) is 0 Å². The van der Waals surface area contributed by atoms with Gasteiger partial charge in [0.1, 0.15) is 6.33 Å². The van der Waals surface area contributed by atoms with Gasteiger partial charge in [-0.05, 0) is 24.3 Å². The van der Waals surface area contributed by atoms with Gasteiger partial charge in [-0.1, -0.05) is 12.1 Å². The highest BCUT2D eigenvalue weighted by Gasteiger charge is 2.03. The van der Waals surface area contributed by atoms with Gasteiger partial charge in [-0.2, -0.15) is 0 Å². The molecule has 0 N–H and O–H groups in total. The van der Waals surface area contributed by atoms with Crippen molar-refractivity contribution in [1.82, 2.24) is 19.6 Å². The Kier molecular flexibility index (Phi) is 1.71. The van der Waals surface area contributed by atoms with Gasteiger partial charge in [0.2, 0.25) is 0 Å². The van der Waals surface area contributed by atoms with E-state index in [9.17, 15) is 0 Å². The standard InChI is InChI=1S/C11H8N4/c1-2-7-12-9(4-1)10-5-3-6-11-14-13-8-15(10)11/h1-8H. The number of hydrogen-bond donors (Lipinski definition) is 0. The minimum absolute atomic E-state index is 0.832. The first-order valence-electron chi connectivity index (χ1n) is 4.65. The zero-order valence-electron chi connectivity index (χ0n) is 7.91. The van der Waals surface area contributed by atoms with E-state index in [2.05, 4.69) is 15.2 Å². The number of nitrogens with zero attached hydrogens (tertiary/aromatic N) is 4. The third-order valence-electron chi connectivity index (χ3n) is 2.26. The van der Waals surface area contributed by atoms with Crippen LogP contribution in [0.5, 0.6) is 0 Å². The molecular weight excluding hydrogens is 188 g/mol. The van der Waals surface area contributed by atoms with Gasteiger partial charge >= 0.3 is 0 Å². The number of fused-ring (bicyclic) bond motifs is 1. The zero-order valence-corrected chi connectivity index (χ0v) is 7.91. The second-order valence-electron chi connectivity index (χ2n) is 3.19. The predicted molar refractivity (Wildman–Crippen MR) is 56.2 cm³/mol. The Morgan fingerprint density at radius 1 is 1.00 bits per heavy atom. The summed E-state index contributed by atoms with van der Waals surface area (Å²) in [4.78, 5) is 4.30. The topological polar surface area (TPSA) is 43.1 Å². The molecule has 0 spiro atoms. The molecule has 15 heavy (non-hydrogen) atoms. The summed E-state index contributed by atoms with van der Waals surface area (Å²) in [6.45, 7) is 0. The summed E-state index contributed by atoms with van der Waals surface area (Å²) in [6.07, 6.45) is 3.47. The monoisotopic (exact) mass is 196 g/mol. The molecule has 0 saturated heterocycles. The summed E-state index contributed by atoms with van der Waals surface area (Å²) in [5.74, 6) is 0. The largest absolute Gasteiger partial charge is 0.280 e. The van der Waals surface area contributed by atoms with Crippen LogP contribution in [0.15, 0.2) is 48.9 Å². The van der Waals surface area contributed by atoms with E-state index in [1.807, 2.05) is 40.8 Å². The first-order valence-corrected chi connectivity index (χ1v) is 4.65. The lowest BCUT2D eigenvalue weighted by atomic mass is 10.2. The molecule has 0 fully saturated rings. The first kappa shape index (κ1) is 8.11. The molecule has 72 valence electrons. The molecule has 4 heteroatoms. The maximum Gasteiger partial charge on any atom is 0.161 e. The van der Waals surface area contributed by atoms with Crippen molar-refractivity contribution in [3.63, 3.8) is 0 Å². The maximum absolute atomic E-state index is 4.30. The normalized spacial score (nSPS) is 10.7. The molecule has 0 aromatic carbocycles. The Morgan fingerprint density at radius 3 is 2.87 bits per heavy atom. The van der Waals surface area contributed by atoms with Crippen LogP contribution in [0.1, 0.15) is 0 Å². The molecule has 3 heterocycles.